The van der Waals surface area contributed by atoms with Gasteiger partial charge in [0.2, 0.25) is 0 Å². The molecule has 1 aliphatic rings. The molecule has 1 atom stereocenters. The Morgan fingerprint density at radius 2 is 2.05 bits per heavy atom. The number of methoxy groups -OCH3 is 1. The molecular weight excluding hydrogens is 254 g/mol. The Balaban J connectivity index is 1.85. The van der Waals surface area contributed by atoms with Crippen LogP contribution in [0.3, 0.4) is 0 Å². The van der Waals surface area contributed by atoms with Crippen LogP contribution >= 0.6 is 0 Å². The molecule has 2 rings (SSSR count). The van der Waals surface area contributed by atoms with Crippen molar-refractivity contribution in [2.24, 2.45) is 0 Å². The summed E-state index contributed by atoms with van der Waals surface area (Å²) in [7, 11) is 1.71. The molecule has 4 nitrogen and oxygen atoms in total. The summed E-state index contributed by atoms with van der Waals surface area (Å²) in [5.41, 5.74) is 0.455. The van der Waals surface area contributed by atoms with Crippen LogP contribution in [0, 0.1) is 6.92 Å². The van der Waals surface area contributed by atoms with E-state index in [2.05, 4.69) is 4.90 Å². The smallest absolute Gasteiger partial charge is 0.119 e. The summed E-state index contributed by atoms with van der Waals surface area (Å²) in [6.45, 7) is 5.64. The van der Waals surface area contributed by atoms with Gasteiger partial charge in [0.25, 0.3) is 0 Å². The Hall–Kier alpha value is -1.10. The summed E-state index contributed by atoms with van der Waals surface area (Å²) in [4.78, 5) is 2.24. The standard InChI is InChI=1S/C16H25NO3/c1-14-4-6-15(7-5-14)20-13-16(18)8-3-9-17(12-16)10-11-19-2/h4-7,18H,3,8-13H2,1-2H3/t16-/m1/s1. The van der Waals surface area contributed by atoms with Gasteiger partial charge in [0.1, 0.15) is 18.0 Å². The molecule has 0 bridgehead atoms. The summed E-state index contributed by atoms with van der Waals surface area (Å²) >= 11 is 0. The van der Waals surface area contributed by atoms with Crippen LogP contribution in [0.1, 0.15) is 18.4 Å². The largest absolute Gasteiger partial charge is 0.491 e. The summed E-state index contributed by atoms with van der Waals surface area (Å²) in [5.74, 6) is 0.818. The Labute approximate surface area is 121 Å². The molecule has 0 spiro atoms. The van der Waals surface area contributed by atoms with Crippen LogP contribution in [0.5, 0.6) is 5.75 Å². The van der Waals surface area contributed by atoms with Crippen molar-refractivity contribution in [1.82, 2.24) is 4.90 Å². The first-order chi connectivity index (χ1) is 9.61. The van der Waals surface area contributed by atoms with Gasteiger partial charge >= 0.3 is 0 Å². The summed E-state index contributed by atoms with van der Waals surface area (Å²) < 4.78 is 10.8. The Kier molecular flexibility index (Phi) is 5.40. The van der Waals surface area contributed by atoms with Gasteiger partial charge in [-0.2, -0.15) is 0 Å². The molecule has 1 aromatic carbocycles. The molecule has 0 aliphatic carbocycles. The lowest BCUT2D eigenvalue weighted by Gasteiger charge is -2.38. The van der Waals surface area contributed by atoms with Crippen LogP contribution in [-0.2, 0) is 4.74 Å². The van der Waals surface area contributed by atoms with E-state index < -0.39 is 5.60 Å². The average molecular weight is 279 g/mol. The molecule has 0 amide bonds. The molecule has 1 N–H and O–H groups in total. The lowest BCUT2D eigenvalue weighted by atomic mass is 9.94. The number of β-amino-alcohol motifs (C(OH)–C–C–N with tert-alkyl or cyclic N) is 1. The van der Waals surface area contributed by atoms with Crippen LogP contribution in [-0.4, -0.2) is 55.6 Å². The van der Waals surface area contributed by atoms with E-state index in [4.69, 9.17) is 9.47 Å². The molecule has 1 aromatic rings. The summed E-state index contributed by atoms with van der Waals surface area (Å²) in [6, 6.07) is 7.94. The molecule has 1 aliphatic heterocycles. The molecule has 0 saturated carbocycles. The third-order valence-electron chi connectivity index (χ3n) is 3.77. The molecule has 1 heterocycles. The van der Waals surface area contributed by atoms with Crippen molar-refractivity contribution >= 4 is 0 Å². The number of likely N-dealkylation sites (tertiary alicyclic amines) is 1. The fourth-order valence-corrected chi connectivity index (χ4v) is 2.59. The Morgan fingerprint density at radius 1 is 1.30 bits per heavy atom. The summed E-state index contributed by atoms with van der Waals surface area (Å²) in [5, 5.41) is 10.6. The monoisotopic (exact) mass is 279 g/mol. The Morgan fingerprint density at radius 3 is 2.75 bits per heavy atom. The van der Waals surface area contributed by atoms with Gasteiger partial charge in [-0.3, -0.25) is 4.90 Å². The molecule has 0 aromatic heterocycles. The second-order valence-electron chi connectivity index (χ2n) is 5.70. The highest BCUT2D eigenvalue weighted by Crippen LogP contribution is 2.23. The maximum atomic E-state index is 10.6. The normalized spacial score (nSPS) is 23.8. The lowest BCUT2D eigenvalue weighted by Crippen LogP contribution is -2.52. The highest BCUT2D eigenvalue weighted by atomic mass is 16.5. The summed E-state index contributed by atoms with van der Waals surface area (Å²) in [6.07, 6.45) is 1.79. The van der Waals surface area contributed by atoms with Gasteiger partial charge in [0.05, 0.1) is 6.61 Å². The van der Waals surface area contributed by atoms with E-state index in [9.17, 15) is 5.11 Å². The molecule has 4 heteroatoms. The number of aliphatic hydroxyl groups is 1. The van der Waals surface area contributed by atoms with Gasteiger partial charge in [0, 0.05) is 20.2 Å². The van der Waals surface area contributed by atoms with Crippen molar-refractivity contribution in [2.45, 2.75) is 25.4 Å². The van der Waals surface area contributed by atoms with Gasteiger partial charge in [-0.1, -0.05) is 17.7 Å². The maximum Gasteiger partial charge on any atom is 0.119 e. The van der Waals surface area contributed by atoms with E-state index >= 15 is 0 Å². The first-order valence-corrected chi connectivity index (χ1v) is 7.24. The zero-order chi connectivity index (χ0) is 14.4. The first-order valence-electron chi connectivity index (χ1n) is 7.24. The number of rotatable bonds is 6. The van der Waals surface area contributed by atoms with E-state index in [1.807, 2.05) is 31.2 Å². The van der Waals surface area contributed by atoms with Crippen LogP contribution in [0.2, 0.25) is 0 Å². The lowest BCUT2D eigenvalue weighted by molar-refractivity contribution is -0.0632. The SMILES string of the molecule is COCCN1CCC[C@](O)(COc2ccc(C)cc2)C1. The fourth-order valence-electron chi connectivity index (χ4n) is 2.59. The number of ether oxygens (including phenoxy) is 2. The highest BCUT2D eigenvalue weighted by Gasteiger charge is 2.33. The van der Waals surface area contributed by atoms with Gasteiger partial charge < -0.3 is 14.6 Å². The molecule has 0 unspecified atom stereocenters. The second-order valence-corrected chi connectivity index (χ2v) is 5.70. The number of benzene rings is 1. The van der Waals surface area contributed by atoms with Crippen LogP contribution in [0.25, 0.3) is 0 Å². The van der Waals surface area contributed by atoms with Gasteiger partial charge in [-0.25, -0.2) is 0 Å². The van der Waals surface area contributed by atoms with Gasteiger partial charge in [-0.05, 0) is 38.4 Å². The van der Waals surface area contributed by atoms with Crippen molar-refractivity contribution in [3.05, 3.63) is 29.8 Å². The van der Waals surface area contributed by atoms with Crippen molar-refractivity contribution in [1.29, 1.82) is 0 Å². The minimum atomic E-state index is -0.753. The third-order valence-corrected chi connectivity index (χ3v) is 3.77. The van der Waals surface area contributed by atoms with E-state index in [1.54, 1.807) is 7.11 Å². The zero-order valence-electron chi connectivity index (χ0n) is 12.5. The number of aryl methyl sites for hydroxylation is 1. The van der Waals surface area contributed by atoms with Crippen LogP contribution in [0.15, 0.2) is 24.3 Å². The number of piperidine rings is 1. The van der Waals surface area contributed by atoms with Crippen LogP contribution in [0.4, 0.5) is 0 Å². The minimum absolute atomic E-state index is 0.347. The average Bonchev–Trinajstić information content (AvgIpc) is 2.45. The predicted molar refractivity (Wildman–Crippen MR) is 79.2 cm³/mol. The van der Waals surface area contributed by atoms with Crippen molar-refractivity contribution in [3.8, 4) is 5.75 Å². The van der Waals surface area contributed by atoms with E-state index in [-0.39, 0.29) is 0 Å². The second kappa shape index (κ2) is 7.07. The molecule has 1 fully saturated rings. The van der Waals surface area contributed by atoms with Crippen molar-refractivity contribution in [3.63, 3.8) is 0 Å². The molecule has 1 saturated heterocycles. The topological polar surface area (TPSA) is 41.9 Å². The molecular formula is C16H25NO3. The maximum absolute atomic E-state index is 10.6. The third kappa shape index (κ3) is 4.47. The number of hydrogen-bond donors (Lipinski definition) is 1. The molecule has 112 valence electrons. The molecule has 20 heavy (non-hydrogen) atoms. The predicted octanol–water partition coefficient (Wildman–Crippen LogP) is 1.85. The van der Waals surface area contributed by atoms with Gasteiger partial charge in [0.15, 0.2) is 0 Å². The first kappa shape index (κ1) is 15.3. The van der Waals surface area contributed by atoms with E-state index in [0.29, 0.717) is 19.8 Å². The number of nitrogens with zero attached hydrogens (tertiary/aromatic N) is 1. The molecule has 0 radical (unpaired) electrons. The van der Waals surface area contributed by atoms with Crippen molar-refractivity contribution < 1.29 is 14.6 Å². The fraction of sp³-hybridized carbons (Fsp3) is 0.625. The van der Waals surface area contributed by atoms with E-state index in [0.717, 1.165) is 31.7 Å². The van der Waals surface area contributed by atoms with Gasteiger partial charge in [-0.15, -0.1) is 0 Å². The quantitative estimate of drug-likeness (QED) is 0.863. The van der Waals surface area contributed by atoms with E-state index in [1.165, 1.54) is 5.56 Å². The van der Waals surface area contributed by atoms with Crippen LogP contribution < -0.4 is 4.74 Å². The van der Waals surface area contributed by atoms with Crippen molar-refractivity contribution in [2.75, 3.05) is 40.0 Å². The Bertz CT molecular complexity index is 407. The highest BCUT2D eigenvalue weighted by molar-refractivity contribution is 5.26. The minimum Gasteiger partial charge on any atom is -0.491 e. The number of hydrogen-bond acceptors (Lipinski definition) is 4. The zero-order valence-corrected chi connectivity index (χ0v) is 12.5.